The van der Waals surface area contributed by atoms with E-state index in [2.05, 4.69) is 35.9 Å². The summed E-state index contributed by atoms with van der Waals surface area (Å²) >= 11 is 0. The molecule has 2 rings (SSSR count). The Morgan fingerprint density at radius 1 is 1.56 bits per heavy atom. The molecule has 1 saturated heterocycles. The van der Waals surface area contributed by atoms with E-state index in [4.69, 9.17) is 5.73 Å². The fourth-order valence-electron chi connectivity index (χ4n) is 2.44. The summed E-state index contributed by atoms with van der Waals surface area (Å²) in [5.41, 5.74) is 7.31. The van der Waals surface area contributed by atoms with Gasteiger partial charge in [-0.1, -0.05) is 0 Å². The minimum Gasteiger partial charge on any atom is -0.364 e. The van der Waals surface area contributed by atoms with E-state index in [0.717, 1.165) is 6.54 Å². The number of aromatic amines is 1. The quantitative estimate of drug-likeness (QED) is 0.856. The number of likely N-dealkylation sites (tertiary alicyclic amines) is 1. The molecule has 4 heteroatoms. The summed E-state index contributed by atoms with van der Waals surface area (Å²) in [5, 5.41) is 0. The summed E-state index contributed by atoms with van der Waals surface area (Å²) in [7, 11) is 0. The van der Waals surface area contributed by atoms with Crippen molar-refractivity contribution in [2.45, 2.75) is 38.3 Å². The van der Waals surface area contributed by atoms with Crippen LogP contribution >= 0.6 is 12.4 Å². The Morgan fingerprint density at radius 2 is 2.31 bits per heavy atom. The molecule has 2 heterocycles. The highest BCUT2D eigenvalue weighted by Crippen LogP contribution is 2.31. The third-order valence-electron chi connectivity index (χ3n) is 2.96. The predicted octanol–water partition coefficient (Wildman–Crippen LogP) is 2.31. The van der Waals surface area contributed by atoms with Gasteiger partial charge in [0.2, 0.25) is 0 Å². The van der Waals surface area contributed by atoms with Crippen LogP contribution in [0.2, 0.25) is 0 Å². The number of hydrogen-bond acceptors (Lipinski definition) is 2. The van der Waals surface area contributed by atoms with Gasteiger partial charge in [0.05, 0.1) is 0 Å². The maximum atomic E-state index is 6.08. The lowest BCUT2D eigenvalue weighted by Gasteiger charge is -2.30. The van der Waals surface area contributed by atoms with Crippen molar-refractivity contribution in [3.63, 3.8) is 0 Å². The molecule has 16 heavy (non-hydrogen) atoms. The van der Waals surface area contributed by atoms with Gasteiger partial charge in [0, 0.05) is 30.0 Å². The molecule has 1 aliphatic heterocycles. The molecule has 0 aromatic carbocycles. The van der Waals surface area contributed by atoms with Crippen LogP contribution in [0.1, 0.15) is 38.4 Å². The molecule has 3 N–H and O–H groups in total. The SMILES string of the molecule is CC(C)(N)CN1CCCC1c1ccc[nH]1.Cl. The standard InChI is InChI=1S/C12H21N3.ClH/c1-12(2,13)9-15-8-4-6-11(15)10-5-3-7-14-10;/h3,5,7,11,14H,4,6,8-9,13H2,1-2H3;1H. The minimum absolute atomic E-state index is 0. The highest BCUT2D eigenvalue weighted by Gasteiger charge is 2.29. The van der Waals surface area contributed by atoms with Crippen molar-refractivity contribution in [2.24, 2.45) is 5.73 Å². The molecule has 1 aromatic heterocycles. The summed E-state index contributed by atoms with van der Waals surface area (Å²) in [6.07, 6.45) is 4.52. The highest BCUT2D eigenvalue weighted by molar-refractivity contribution is 5.85. The van der Waals surface area contributed by atoms with Gasteiger partial charge in [0.1, 0.15) is 0 Å². The van der Waals surface area contributed by atoms with Crippen molar-refractivity contribution in [1.29, 1.82) is 0 Å². The Labute approximate surface area is 104 Å². The van der Waals surface area contributed by atoms with E-state index in [-0.39, 0.29) is 17.9 Å². The first-order valence-corrected chi connectivity index (χ1v) is 5.72. The molecule has 3 nitrogen and oxygen atoms in total. The molecule has 0 aliphatic carbocycles. The molecule has 0 amide bonds. The molecule has 0 saturated carbocycles. The average Bonchev–Trinajstić information content (AvgIpc) is 2.68. The van der Waals surface area contributed by atoms with E-state index in [0.29, 0.717) is 6.04 Å². The zero-order valence-electron chi connectivity index (χ0n) is 10.1. The number of H-pyrrole nitrogens is 1. The Kier molecular flexibility index (Phi) is 4.42. The average molecular weight is 244 g/mol. The molecule has 1 unspecified atom stereocenters. The van der Waals surface area contributed by atoms with Crippen LogP contribution in [0.25, 0.3) is 0 Å². The molecule has 92 valence electrons. The molecule has 1 aliphatic rings. The van der Waals surface area contributed by atoms with Crippen LogP contribution in [-0.2, 0) is 0 Å². The van der Waals surface area contributed by atoms with Crippen LogP contribution < -0.4 is 5.73 Å². The Balaban J connectivity index is 0.00000128. The number of hydrogen-bond donors (Lipinski definition) is 2. The molecular formula is C12H22ClN3. The maximum absolute atomic E-state index is 6.08. The van der Waals surface area contributed by atoms with Gasteiger partial charge in [-0.2, -0.15) is 0 Å². The minimum atomic E-state index is -0.102. The van der Waals surface area contributed by atoms with Gasteiger partial charge in [0.15, 0.2) is 0 Å². The van der Waals surface area contributed by atoms with Crippen molar-refractivity contribution in [3.05, 3.63) is 24.0 Å². The smallest absolute Gasteiger partial charge is 0.0499 e. The fraction of sp³-hybridized carbons (Fsp3) is 0.667. The van der Waals surface area contributed by atoms with Gasteiger partial charge in [0.25, 0.3) is 0 Å². The Morgan fingerprint density at radius 3 is 2.88 bits per heavy atom. The molecule has 0 radical (unpaired) electrons. The second kappa shape index (κ2) is 5.21. The van der Waals surface area contributed by atoms with Crippen LogP contribution in [0.15, 0.2) is 18.3 Å². The number of nitrogens with two attached hydrogens (primary N) is 1. The van der Waals surface area contributed by atoms with Crippen LogP contribution in [0.5, 0.6) is 0 Å². The number of rotatable bonds is 3. The molecule has 0 bridgehead atoms. The van der Waals surface area contributed by atoms with Gasteiger partial charge < -0.3 is 10.7 Å². The summed E-state index contributed by atoms with van der Waals surface area (Å²) in [5.74, 6) is 0. The molecular weight excluding hydrogens is 222 g/mol. The van der Waals surface area contributed by atoms with E-state index in [1.165, 1.54) is 25.1 Å². The highest BCUT2D eigenvalue weighted by atomic mass is 35.5. The first-order chi connectivity index (χ1) is 7.06. The monoisotopic (exact) mass is 243 g/mol. The van der Waals surface area contributed by atoms with Crippen LogP contribution in [0.3, 0.4) is 0 Å². The summed E-state index contributed by atoms with van der Waals surface area (Å²) in [6, 6.07) is 4.79. The fourth-order valence-corrected chi connectivity index (χ4v) is 2.44. The lowest BCUT2D eigenvalue weighted by Crippen LogP contribution is -2.45. The predicted molar refractivity (Wildman–Crippen MR) is 69.9 cm³/mol. The number of nitrogens with one attached hydrogen (secondary N) is 1. The van der Waals surface area contributed by atoms with Gasteiger partial charge in [-0.3, -0.25) is 4.90 Å². The first-order valence-electron chi connectivity index (χ1n) is 5.72. The molecule has 0 spiro atoms. The van der Waals surface area contributed by atoms with E-state index in [9.17, 15) is 0 Å². The molecule has 1 atom stereocenters. The van der Waals surface area contributed by atoms with Crippen LogP contribution in [-0.4, -0.2) is 28.5 Å². The molecule has 1 aromatic rings. The largest absolute Gasteiger partial charge is 0.364 e. The summed E-state index contributed by atoms with van der Waals surface area (Å²) in [6.45, 7) is 6.33. The third-order valence-corrected chi connectivity index (χ3v) is 2.96. The normalized spacial score (nSPS) is 22.1. The van der Waals surface area contributed by atoms with Crippen molar-refractivity contribution in [3.8, 4) is 0 Å². The van der Waals surface area contributed by atoms with E-state index < -0.39 is 0 Å². The van der Waals surface area contributed by atoms with Gasteiger partial charge in [-0.05, 0) is 45.4 Å². The zero-order valence-corrected chi connectivity index (χ0v) is 10.9. The third kappa shape index (κ3) is 3.24. The number of aromatic nitrogens is 1. The van der Waals surface area contributed by atoms with Crippen LogP contribution in [0, 0.1) is 0 Å². The number of halogens is 1. The van der Waals surface area contributed by atoms with Crippen LogP contribution in [0.4, 0.5) is 0 Å². The Bertz CT molecular complexity index is 303. The Hall–Kier alpha value is -0.510. The lowest BCUT2D eigenvalue weighted by atomic mass is 10.1. The summed E-state index contributed by atoms with van der Waals surface area (Å²) in [4.78, 5) is 5.80. The molecule has 1 fully saturated rings. The number of nitrogens with zero attached hydrogens (tertiary/aromatic N) is 1. The van der Waals surface area contributed by atoms with E-state index in [1.807, 2.05) is 6.20 Å². The topological polar surface area (TPSA) is 45.0 Å². The van der Waals surface area contributed by atoms with Gasteiger partial charge in [-0.25, -0.2) is 0 Å². The second-order valence-corrected chi connectivity index (χ2v) is 5.24. The van der Waals surface area contributed by atoms with Crippen molar-refractivity contribution >= 4 is 12.4 Å². The second-order valence-electron chi connectivity index (χ2n) is 5.24. The van der Waals surface area contributed by atoms with E-state index in [1.54, 1.807) is 0 Å². The van der Waals surface area contributed by atoms with Gasteiger partial charge >= 0.3 is 0 Å². The lowest BCUT2D eigenvalue weighted by molar-refractivity contribution is 0.208. The zero-order chi connectivity index (χ0) is 10.9. The van der Waals surface area contributed by atoms with Crippen molar-refractivity contribution in [2.75, 3.05) is 13.1 Å². The van der Waals surface area contributed by atoms with Crippen molar-refractivity contribution in [1.82, 2.24) is 9.88 Å². The van der Waals surface area contributed by atoms with Crippen molar-refractivity contribution < 1.29 is 0 Å². The van der Waals surface area contributed by atoms with E-state index >= 15 is 0 Å². The van der Waals surface area contributed by atoms with Gasteiger partial charge in [-0.15, -0.1) is 12.4 Å². The summed E-state index contributed by atoms with van der Waals surface area (Å²) < 4.78 is 0. The first kappa shape index (κ1) is 13.6. The maximum Gasteiger partial charge on any atom is 0.0499 e.